The van der Waals surface area contributed by atoms with E-state index < -0.39 is 0 Å². The molecule has 0 bridgehead atoms. The average Bonchev–Trinajstić information content (AvgIpc) is 2.55. The molecule has 0 fully saturated rings. The highest BCUT2D eigenvalue weighted by Gasteiger charge is 2.22. The molecule has 0 aliphatic heterocycles. The Morgan fingerprint density at radius 3 is 2.50 bits per heavy atom. The van der Waals surface area contributed by atoms with Crippen LogP contribution in [0.25, 0.3) is 0 Å². The van der Waals surface area contributed by atoms with E-state index >= 15 is 0 Å². The normalized spacial score (nSPS) is 13.9. The molecule has 0 aromatic carbocycles. The minimum Gasteiger partial charge on any atom is -0.393 e. The van der Waals surface area contributed by atoms with Crippen LogP contribution in [0, 0.1) is 12.3 Å². The Balaban J connectivity index is 2.59. The van der Waals surface area contributed by atoms with Crippen LogP contribution in [0.15, 0.2) is 4.47 Å². The number of hydrogen-bond donors (Lipinski definition) is 1. The van der Waals surface area contributed by atoms with Crippen LogP contribution >= 0.6 is 15.9 Å². The summed E-state index contributed by atoms with van der Waals surface area (Å²) in [6.07, 6.45) is 2.55. The van der Waals surface area contributed by atoms with Crippen LogP contribution < -0.4 is 0 Å². The second-order valence-electron chi connectivity index (χ2n) is 5.94. The van der Waals surface area contributed by atoms with Gasteiger partial charge >= 0.3 is 0 Å². The van der Waals surface area contributed by atoms with E-state index in [1.165, 1.54) is 5.69 Å². The molecule has 1 N–H and O–H groups in total. The van der Waals surface area contributed by atoms with Crippen molar-refractivity contribution >= 4 is 15.9 Å². The number of aromatic nitrogens is 2. The van der Waals surface area contributed by atoms with E-state index in [0.29, 0.717) is 0 Å². The number of nitrogens with zero attached hydrogens (tertiary/aromatic N) is 2. The van der Waals surface area contributed by atoms with E-state index in [1.54, 1.807) is 0 Å². The van der Waals surface area contributed by atoms with Gasteiger partial charge in [0.25, 0.3) is 0 Å². The predicted molar refractivity (Wildman–Crippen MR) is 78.7 cm³/mol. The first-order valence-corrected chi connectivity index (χ1v) is 7.46. The molecule has 0 radical (unpaired) electrons. The Morgan fingerprint density at radius 1 is 1.39 bits per heavy atom. The van der Waals surface area contributed by atoms with Crippen LogP contribution in [0.3, 0.4) is 0 Å². The first-order chi connectivity index (χ1) is 8.27. The lowest BCUT2D eigenvalue weighted by Gasteiger charge is -2.25. The molecule has 0 aliphatic rings. The first kappa shape index (κ1) is 15.7. The summed E-state index contributed by atoms with van der Waals surface area (Å²) in [5.41, 5.74) is 2.26. The van der Waals surface area contributed by atoms with Crippen LogP contribution in [-0.2, 0) is 13.0 Å². The third-order valence-electron chi connectivity index (χ3n) is 3.34. The molecule has 0 amide bonds. The van der Waals surface area contributed by atoms with Gasteiger partial charge in [-0.05, 0) is 54.5 Å². The predicted octanol–water partition coefficient (Wildman–Crippen LogP) is 3.70. The molecule has 0 saturated heterocycles. The second kappa shape index (κ2) is 6.20. The molecule has 0 aliphatic carbocycles. The van der Waals surface area contributed by atoms with E-state index in [9.17, 15) is 5.11 Å². The fraction of sp³-hybridized carbons (Fsp3) is 0.786. The number of aryl methyl sites for hydroxylation is 2. The standard InChI is InChI=1S/C14H25BrN2O/c1-6-17-11(13(15)10(2)16-17)8-7-9-12(18)14(3,4)5/h12,18H,6-9H2,1-5H3. The van der Waals surface area contributed by atoms with E-state index in [1.807, 2.05) is 11.6 Å². The van der Waals surface area contributed by atoms with Crippen molar-refractivity contribution in [3.05, 3.63) is 15.9 Å². The van der Waals surface area contributed by atoms with Crippen LogP contribution in [0.1, 0.15) is 51.9 Å². The van der Waals surface area contributed by atoms with Crippen LogP contribution in [-0.4, -0.2) is 21.0 Å². The van der Waals surface area contributed by atoms with Crippen LogP contribution in [0.4, 0.5) is 0 Å². The molecule has 1 unspecified atom stereocenters. The maximum atomic E-state index is 10.0. The van der Waals surface area contributed by atoms with Gasteiger partial charge in [-0.2, -0.15) is 5.10 Å². The Labute approximate surface area is 119 Å². The second-order valence-corrected chi connectivity index (χ2v) is 6.73. The number of aliphatic hydroxyl groups is 1. The number of aliphatic hydroxyl groups excluding tert-OH is 1. The van der Waals surface area contributed by atoms with Gasteiger partial charge in [0.15, 0.2) is 0 Å². The van der Waals surface area contributed by atoms with E-state index in [4.69, 9.17) is 0 Å². The summed E-state index contributed by atoms with van der Waals surface area (Å²) in [6.45, 7) is 11.2. The Kier molecular flexibility index (Phi) is 5.41. The Bertz CT molecular complexity index is 393. The van der Waals surface area contributed by atoms with Gasteiger partial charge in [0.2, 0.25) is 0 Å². The maximum Gasteiger partial charge on any atom is 0.0738 e. The van der Waals surface area contributed by atoms with Crippen molar-refractivity contribution in [1.82, 2.24) is 9.78 Å². The molecule has 3 nitrogen and oxygen atoms in total. The van der Waals surface area contributed by atoms with Crippen molar-refractivity contribution in [3.63, 3.8) is 0 Å². The summed E-state index contributed by atoms with van der Waals surface area (Å²) in [5, 5.41) is 14.5. The van der Waals surface area contributed by atoms with Crippen LogP contribution in [0.5, 0.6) is 0 Å². The van der Waals surface area contributed by atoms with Crippen molar-refractivity contribution in [3.8, 4) is 0 Å². The van der Waals surface area contributed by atoms with Gasteiger partial charge in [0.1, 0.15) is 0 Å². The lowest BCUT2D eigenvalue weighted by Crippen LogP contribution is -2.25. The lowest BCUT2D eigenvalue weighted by atomic mass is 9.86. The fourth-order valence-corrected chi connectivity index (χ4v) is 2.49. The largest absolute Gasteiger partial charge is 0.393 e. The monoisotopic (exact) mass is 316 g/mol. The summed E-state index contributed by atoms with van der Waals surface area (Å²) in [6, 6.07) is 0. The third-order valence-corrected chi connectivity index (χ3v) is 4.38. The van der Waals surface area contributed by atoms with Crippen molar-refractivity contribution in [2.45, 2.75) is 66.5 Å². The van der Waals surface area contributed by atoms with Crippen LogP contribution in [0.2, 0.25) is 0 Å². The lowest BCUT2D eigenvalue weighted by molar-refractivity contribution is 0.0539. The SMILES string of the molecule is CCn1nc(C)c(Br)c1CCCC(O)C(C)(C)C. The van der Waals surface area contributed by atoms with Gasteiger partial charge in [-0.1, -0.05) is 20.8 Å². The molecule has 1 heterocycles. The molecule has 1 atom stereocenters. The van der Waals surface area contributed by atoms with Crippen molar-refractivity contribution < 1.29 is 5.11 Å². The average molecular weight is 317 g/mol. The molecule has 1 aromatic heterocycles. The molecule has 0 spiro atoms. The van der Waals surface area contributed by atoms with E-state index in [-0.39, 0.29) is 11.5 Å². The zero-order valence-electron chi connectivity index (χ0n) is 12.1. The summed E-state index contributed by atoms with van der Waals surface area (Å²) in [7, 11) is 0. The fourth-order valence-electron chi connectivity index (χ4n) is 2.00. The van der Waals surface area contributed by atoms with Gasteiger partial charge in [0, 0.05) is 6.54 Å². The zero-order valence-corrected chi connectivity index (χ0v) is 13.7. The van der Waals surface area contributed by atoms with E-state index in [2.05, 4.69) is 48.7 Å². The van der Waals surface area contributed by atoms with Crippen molar-refractivity contribution in [1.29, 1.82) is 0 Å². The molecule has 1 rings (SSSR count). The highest BCUT2D eigenvalue weighted by atomic mass is 79.9. The quantitative estimate of drug-likeness (QED) is 0.899. The smallest absolute Gasteiger partial charge is 0.0738 e. The number of halogens is 1. The van der Waals surface area contributed by atoms with Gasteiger partial charge in [-0.3, -0.25) is 4.68 Å². The number of hydrogen-bond acceptors (Lipinski definition) is 2. The minimum atomic E-state index is -0.240. The van der Waals surface area contributed by atoms with Gasteiger partial charge in [-0.25, -0.2) is 0 Å². The molecule has 18 heavy (non-hydrogen) atoms. The van der Waals surface area contributed by atoms with Crippen molar-refractivity contribution in [2.24, 2.45) is 5.41 Å². The highest BCUT2D eigenvalue weighted by molar-refractivity contribution is 9.10. The Hall–Kier alpha value is -0.350. The summed E-state index contributed by atoms with van der Waals surface area (Å²) < 4.78 is 3.16. The molecule has 1 aromatic rings. The van der Waals surface area contributed by atoms with Crippen molar-refractivity contribution in [2.75, 3.05) is 0 Å². The Morgan fingerprint density at radius 2 is 2.00 bits per heavy atom. The summed E-state index contributed by atoms with van der Waals surface area (Å²) in [4.78, 5) is 0. The number of rotatable bonds is 5. The zero-order chi connectivity index (χ0) is 13.9. The third kappa shape index (κ3) is 3.82. The summed E-state index contributed by atoms with van der Waals surface area (Å²) >= 11 is 3.60. The van der Waals surface area contributed by atoms with Gasteiger partial charge < -0.3 is 5.11 Å². The summed E-state index contributed by atoms with van der Waals surface area (Å²) in [5.74, 6) is 0. The molecule has 0 saturated carbocycles. The van der Waals surface area contributed by atoms with Gasteiger partial charge in [-0.15, -0.1) is 0 Å². The maximum absolute atomic E-state index is 10.0. The van der Waals surface area contributed by atoms with E-state index in [0.717, 1.165) is 36.0 Å². The first-order valence-electron chi connectivity index (χ1n) is 6.67. The molecule has 4 heteroatoms. The molecular formula is C14H25BrN2O. The molecule has 104 valence electrons. The highest BCUT2D eigenvalue weighted by Crippen LogP contribution is 2.26. The van der Waals surface area contributed by atoms with Gasteiger partial charge in [0.05, 0.1) is 22.0 Å². The minimum absolute atomic E-state index is 0.0296. The molecular weight excluding hydrogens is 292 g/mol. The topological polar surface area (TPSA) is 38.0 Å².